The van der Waals surface area contributed by atoms with E-state index in [0.717, 1.165) is 12.3 Å². The highest BCUT2D eigenvalue weighted by Gasteiger charge is 2.28. The average molecular weight is 325 g/mol. The molecule has 1 rings (SSSR count). The molecule has 0 aliphatic carbocycles. The van der Waals surface area contributed by atoms with Crippen molar-refractivity contribution < 1.29 is 31.1 Å². The number of hydrogen-bond donors (Lipinski definition) is 1. The van der Waals surface area contributed by atoms with Crippen molar-refractivity contribution in [2.45, 2.75) is 6.18 Å². The molecule has 9 heteroatoms. The maximum absolute atomic E-state index is 12.0. The summed E-state index contributed by atoms with van der Waals surface area (Å²) in [6, 6.07) is 5.20. The second-order valence-corrected chi connectivity index (χ2v) is 6.58. The Labute approximate surface area is 120 Å². The van der Waals surface area contributed by atoms with E-state index in [1.807, 2.05) is 0 Å². The van der Waals surface area contributed by atoms with Gasteiger partial charge in [-0.2, -0.15) is 13.2 Å². The highest BCUT2D eigenvalue weighted by Crippen LogP contribution is 2.19. The quantitative estimate of drug-likeness (QED) is 0.858. The summed E-state index contributed by atoms with van der Waals surface area (Å²) in [6.45, 7) is -1.53. The second kappa shape index (κ2) is 6.79. The van der Waals surface area contributed by atoms with Gasteiger partial charge >= 0.3 is 6.18 Å². The lowest BCUT2D eigenvalue weighted by Gasteiger charge is -2.10. The molecule has 1 aromatic carbocycles. The monoisotopic (exact) mass is 325 g/mol. The van der Waals surface area contributed by atoms with E-state index in [1.54, 1.807) is 0 Å². The summed E-state index contributed by atoms with van der Waals surface area (Å²) in [5.41, 5.74) is 0.0863. The van der Waals surface area contributed by atoms with Crippen LogP contribution in [0.15, 0.2) is 24.3 Å². The van der Waals surface area contributed by atoms with E-state index in [-0.39, 0.29) is 23.6 Å². The van der Waals surface area contributed by atoms with E-state index < -0.39 is 28.5 Å². The summed E-state index contributed by atoms with van der Waals surface area (Å²) in [5.74, 6) is -0.901. The number of carbonyl (C=O) groups is 1. The van der Waals surface area contributed by atoms with Gasteiger partial charge in [0, 0.05) is 18.4 Å². The standard InChI is InChI=1S/C12H14F3NO4S/c1-21(18,19)6-5-16-11(17)9-3-2-4-10(7-9)20-8-12(13,14)15/h2-4,7H,5-6,8H2,1H3,(H,16,17). The Morgan fingerprint density at radius 2 is 2.00 bits per heavy atom. The van der Waals surface area contributed by atoms with Crippen molar-refractivity contribution in [2.24, 2.45) is 0 Å². The summed E-state index contributed by atoms with van der Waals surface area (Å²) >= 11 is 0. The Morgan fingerprint density at radius 3 is 2.57 bits per heavy atom. The third-order valence-corrected chi connectivity index (χ3v) is 3.20. The molecular formula is C12H14F3NO4S. The minimum atomic E-state index is -4.46. The van der Waals surface area contributed by atoms with Gasteiger partial charge in [0.25, 0.3) is 5.91 Å². The van der Waals surface area contributed by atoms with Crippen molar-refractivity contribution in [3.05, 3.63) is 29.8 Å². The van der Waals surface area contributed by atoms with Crippen LogP contribution < -0.4 is 10.1 Å². The number of hydrogen-bond acceptors (Lipinski definition) is 4. The molecule has 0 heterocycles. The van der Waals surface area contributed by atoms with Gasteiger partial charge in [-0.15, -0.1) is 0 Å². The second-order valence-electron chi connectivity index (χ2n) is 4.32. The summed E-state index contributed by atoms with van der Waals surface area (Å²) in [5, 5.41) is 2.36. The predicted molar refractivity (Wildman–Crippen MR) is 70.0 cm³/mol. The molecule has 0 spiro atoms. The number of sulfone groups is 1. The zero-order valence-electron chi connectivity index (χ0n) is 11.1. The largest absolute Gasteiger partial charge is 0.484 e. The molecule has 0 aliphatic heterocycles. The first kappa shape index (κ1) is 17.3. The molecule has 0 fully saturated rings. The van der Waals surface area contributed by atoms with Gasteiger partial charge < -0.3 is 10.1 Å². The molecule has 0 unspecified atom stereocenters. The lowest BCUT2D eigenvalue weighted by Crippen LogP contribution is -2.28. The van der Waals surface area contributed by atoms with Crippen LogP contribution in [-0.4, -0.2) is 45.7 Å². The molecular weight excluding hydrogens is 311 g/mol. The number of rotatable bonds is 6. The summed E-state index contributed by atoms with van der Waals surface area (Å²) in [6.07, 6.45) is -3.43. The molecule has 5 nitrogen and oxygen atoms in total. The molecule has 0 saturated carbocycles. The van der Waals surface area contributed by atoms with Crippen molar-refractivity contribution >= 4 is 15.7 Å². The first-order chi connectivity index (χ1) is 9.57. The molecule has 0 saturated heterocycles. The molecule has 0 bridgehead atoms. The lowest BCUT2D eigenvalue weighted by molar-refractivity contribution is -0.153. The van der Waals surface area contributed by atoms with Gasteiger partial charge in [0.15, 0.2) is 6.61 Å². The molecule has 1 N–H and O–H groups in total. The third kappa shape index (κ3) is 7.54. The van der Waals surface area contributed by atoms with E-state index in [2.05, 4.69) is 10.1 Å². The molecule has 1 amide bonds. The van der Waals surface area contributed by atoms with E-state index in [4.69, 9.17) is 0 Å². The van der Waals surface area contributed by atoms with Crippen LogP contribution in [0.5, 0.6) is 5.75 Å². The number of benzene rings is 1. The summed E-state index contributed by atoms with van der Waals surface area (Å²) < 4.78 is 62.4. The van der Waals surface area contributed by atoms with Crippen LogP contribution in [0.1, 0.15) is 10.4 Å². The Bertz CT molecular complexity index is 599. The van der Waals surface area contributed by atoms with Crippen LogP contribution in [0.2, 0.25) is 0 Å². The highest BCUT2D eigenvalue weighted by molar-refractivity contribution is 7.90. The topological polar surface area (TPSA) is 72.5 Å². The van der Waals surface area contributed by atoms with E-state index in [0.29, 0.717) is 0 Å². The van der Waals surface area contributed by atoms with Crippen molar-refractivity contribution in [2.75, 3.05) is 25.2 Å². The smallest absolute Gasteiger partial charge is 0.422 e. The Hall–Kier alpha value is -1.77. The van der Waals surface area contributed by atoms with Crippen LogP contribution in [0.3, 0.4) is 0 Å². The van der Waals surface area contributed by atoms with Crippen molar-refractivity contribution in [3.63, 3.8) is 0 Å². The highest BCUT2D eigenvalue weighted by atomic mass is 32.2. The number of ether oxygens (including phenoxy) is 1. The maximum Gasteiger partial charge on any atom is 0.422 e. The van der Waals surface area contributed by atoms with Crippen LogP contribution in [-0.2, 0) is 9.84 Å². The van der Waals surface area contributed by atoms with Gasteiger partial charge in [-0.1, -0.05) is 6.07 Å². The molecule has 0 radical (unpaired) electrons. The fourth-order valence-corrected chi connectivity index (χ4v) is 1.82. The Morgan fingerprint density at radius 1 is 1.33 bits per heavy atom. The molecule has 0 aliphatic rings. The van der Waals surface area contributed by atoms with Crippen LogP contribution in [0, 0.1) is 0 Å². The average Bonchev–Trinajstić information content (AvgIpc) is 2.34. The zero-order chi connectivity index (χ0) is 16.1. The van der Waals surface area contributed by atoms with Crippen molar-refractivity contribution in [1.82, 2.24) is 5.32 Å². The van der Waals surface area contributed by atoms with Gasteiger partial charge in [-0.3, -0.25) is 4.79 Å². The zero-order valence-corrected chi connectivity index (χ0v) is 11.9. The molecule has 0 aromatic heterocycles. The fourth-order valence-electron chi connectivity index (χ4n) is 1.34. The Kier molecular flexibility index (Phi) is 5.59. The number of halogens is 3. The van der Waals surface area contributed by atoms with Crippen LogP contribution in [0.4, 0.5) is 13.2 Å². The minimum Gasteiger partial charge on any atom is -0.484 e. The Balaban J connectivity index is 2.60. The van der Waals surface area contributed by atoms with Gasteiger partial charge in [0.2, 0.25) is 0 Å². The molecule has 1 aromatic rings. The number of nitrogens with one attached hydrogen (secondary N) is 1. The van der Waals surface area contributed by atoms with Gasteiger partial charge in [0.1, 0.15) is 15.6 Å². The van der Waals surface area contributed by atoms with Crippen LogP contribution >= 0.6 is 0 Å². The molecule has 21 heavy (non-hydrogen) atoms. The first-order valence-corrected chi connectivity index (χ1v) is 7.88. The van der Waals surface area contributed by atoms with Gasteiger partial charge in [-0.05, 0) is 18.2 Å². The predicted octanol–water partition coefficient (Wildman–Crippen LogP) is 1.40. The molecule has 118 valence electrons. The van der Waals surface area contributed by atoms with Gasteiger partial charge in [0.05, 0.1) is 5.75 Å². The van der Waals surface area contributed by atoms with Crippen molar-refractivity contribution in [3.8, 4) is 5.75 Å². The van der Waals surface area contributed by atoms with Crippen LogP contribution in [0.25, 0.3) is 0 Å². The maximum atomic E-state index is 12.0. The van der Waals surface area contributed by atoms with Gasteiger partial charge in [-0.25, -0.2) is 8.42 Å². The normalized spacial score (nSPS) is 12.0. The van der Waals surface area contributed by atoms with E-state index in [9.17, 15) is 26.4 Å². The number of amides is 1. The van der Waals surface area contributed by atoms with E-state index in [1.165, 1.54) is 18.2 Å². The van der Waals surface area contributed by atoms with Crippen molar-refractivity contribution in [1.29, 1.82) is 0 Å². The molecule has 0 atom stereocenters. The summed E-state index contributed by atoms with van der Waals surface area (Å²) in [7, 11) is -3.20. The lowest BCUT2D eigenvalue weighted by atomic mass is 10.2. The van der Waals surface area contributed by atoms with E-state index >= 15 is 0 Å². The fraction of sp³-hybridized carbons (Fsp3) is 0.417. The number of alkyl halides is 3. The SMILES string of the molecule is CS(=O)(=O)CCNC(=O)c1cccc(OCC(F)(F)F)c1. The minimum absolute atomic E-state index is 0.0781. The first-order valence-electron chi connectivity index (χ1n) is 5.82. The summed E-state index contributed by atoms with van der Waals surface area (Å²) in [4.78, 5) is 11.7. The number of carbonyl (C=O) groups excluding carboxylic acids is 1. The third-order valence-electron chi connectivity index (χ3n) is 2.26.